The normalized spacial score (nSPS) is 15.0. The van der Waals surface area contributed by atoms with Crippen LogP contribution in [0.5, 0.6) is 0 Å². The van der Waals surface area contributed by atoms with Gasteiger partial charge in [0.05, 0.1) is 0 Å². The maximum absolute atomic E-state index is 2.12. The minimum Gasteiger partial charge on any atom is -0.0656 e. The maximum atomic E-state index is 2.12. The molecule has 0 radical (unpaired) electrons. The van der Waals surface area contributed by atoms with E-state index < -0.39 is 0 Å². The summed E-state index contributed by atoms with van der Waals surface area (Å²) in [5.74, 6) is 0. The molecule has 0 saturated heterocycles. The van der Waals surface area contributed by atoms with Crippen molar-refractivity contribution >= 4 is 0 Å². The highest BCUT2D eigenvalue weighted by Crippen LogP contribution is 2.14. The van der Waals surface area contributed by atoms with Crippen molar-refractivity contribution in [1.29, 1.82) is 0 Å². The summed E-state index contributed by atoms with van der Waals surface area (Å²) in [6.07, 6.45) is 5.75. The van der Waals surface area contributed by atoms with E-state index in [1.807, 2.05) is 0 Å². The molecule has 0 amide bonds. The van der Waals surface area contributed by atoms with E-state index in [-0.39, 0.29) is 0 Å². The van der Waals surface area contributed by atoms with Crippen LogP contribution in [-0.4, -0.2) is 0 Å². The smallest absolute Gasteiger partial charge is 0.0533 e. The summed E-state index contributed by atoms with van der Waals surface area (Å²) >= 11 is 0. The third-order valence-corrected chi connectivity index (χ3v) is 0.354. The van der Waals surface area contributed by atoms with Gasteiger partial charge in [-0.15, -0.1) is 0 Å². The molecule has 0 atom stereocenters. The van der Waals surface area contributed by atoms with Gasteiger partial charge in [0.2, 0.25) is 0 Å². The maximum Gasteiger partial charge on any atom is -0.0533 e. The van der Waals surface area contributed by atoms with Gasteiger partial charge in [0.15, 0.2) is 0 Å². The molecule has 1 aliphatic rings. The Morgan fingerprint density at radius 2 is 1.17 bits per heavy atom. The van der Waals surface area contributed by atoms with Gasteiger partial charge in [-0.05, 0) is 0 Å². The second-order valence-electron chi connectivity index (χ2n) is 1.77. The van der Waals surface area contributed by atoms with Gasteiger partial charge in [-0.2, -0.15) is 0 Å². The molecular formula is C6H14. The van der Waals surface area contributed by atoms with Crippen LogP contribution in [0.2, 0.25) is 0 Å². The lowest BCUT2D eigenvalue weighted by Crippen LogP contribution is -1.27. The first-order chi connectivity index (χ1) is 2.91. The topological polar surface area (TPSA) is 0 Å². The molecule has 0 aromatic carbocycles. The quantitative estimate of drug-likeness (QED) is 0.425. The second-order valence-corrected chi connectivity index (χ2v) is 1.77. The first-order valence-corrected chi connectivity index (χ1v) is 2.91. The molecule has 0 heteroatoms. The van der Waals surface area contributed by atoms with Crippen LogP contribution in [-0.2, 0) is 0 Å². The van der Waals surface area contributed by atoms with Crippen LogP contribution in [0.15, 0.2) is 0 Å². The van der Waals surface area contributed by atoms with Crippen molar-refractivity contribution in [3.8, 4) is 0 Å². The molecule has 38 valence electrons. The highest BCUT2D eigenvalue weighted by Gasteiger charge is 1.95. The molecule has 6 heavy (non-hydrogen) atoms. The summed E-state index contributed by atoms with van der Waals surface area (Å²) < 4.78 is 0. The third kappa shape index (κ3) is 36.0. The monoisotopic (exact) mass is 86.1 g/mol. The van der Waals surface area contributed by atoms with E-state index in [1.165, 1.54) is 25.7 Å². The lowest BCUT2D eigenvalue weighted by molar-refractivity contribution is 1.09. The second kappa shape index (κ2) is 5.00. The predicted octanol–water partition coefficient (Wildman–Crippen LogP) is 2.59. The van der Waals surface area contributed by atoms with Gasteiger partial charge in [0.1, 0.15) is 0 Å². The zero-order valence-electron chi connectivity index (χ0n) is 4.83. The molecule has 0 heterocycles. The summed E-state index contributed by atoms with van der Waals surface area (Å²) in [7, 11) is 0. The number of hydrogen-bond acceptors (Lipinski definition) is 0. The first kappa shape index (κ1) is 6.00. The fourth-order valence-electron chi connectivity index (χ4n) is 0. The van der Waals surface area contributed by atoms with Crippen LogP contribution in [0.1, 0.15) is 39.5 Å². The Morgan fingerprint density at radius 1 is 1.00 bits per heavy atom. The zero-order chi connectivity index (χ0) is 4.83. The van der Waals surface area contributed by atoms with E-state index in [9.17, 15) is 0 Å². The Balaban J connectivity index is 0.0000000833. The van der Waals surface area contributed by atoms with E-state index in [4.69, 9.17) is 0 Å². The average Bonchev–Trinajstić information content (AvgIpc) is 2.11. The number of rotatable bonds is 0. The van der Waals surface area contributed by atoms with Gasteiger partial charge in [0, 0.05) is 0 Å². The van der Waals surface area contributed by atoms with Gasteiger partial charge in [-0.3, -0.25) is 0 Å². The van der Waals surface area contributed by atoms with Gasteiger partial charge in [-0.1, -0.05) is 39.5 Å². The Labute approximate surface area is 40.6 Å². The molecule has 1 rings (SSSR count). The van der Waals surface area contributed by atoms with Crippen LogP contribution in [0.3, 0.4) is 0 Å². The lowest BCUT2D eigenvalue weighted by Gasteiger charge is -1.48. The summed E-state index contributed by atoms with van der Waals surface area (Å²) in [4.78, 5) is 0. The minimum atomic E-state index is 1.25. The van der Waals surface area contributed by atoms with Gasteiger partial charge >= 0.3 is 0 Å². The van der Waals surface area contributed by atoms with Crippen LogP contribution in [0.25, 0.3) is 0 Å². The summed E-state index contributed by atoms with van der Waals surface area (Å²) in [6.45, 7) is 4.25. The standard InChI is InChI=1S/C3H6.C3H8/c1-2-3-1;1-3-2/h1-3H2;3H2,1-2H3. The SMILES string of the molecule is C1CC1.CCC. The largest absolute Gasteiger partial charge is 0.0656 e. The van der Waals surface area contributed by atoms with Crippen molar-refractivity contribution in [2.45, 2.75) is 39.5 Å². The van der Waals surface area contributed by atoms with Gasteiger partial charge in [0.25, 0.3) is 0 Å². The van der Waals surface area contributed by atoms with E-state index in [0.29, 0.717) is 0 Å². The van der Waals surface area contributed by atoms with Crippen molar-refractivity contribution in [3.05, 3.63) is 0 Å². The van der Waals surface area contributed by atoms with Crippen molar-refractivity contribution < 1.29 is 0 Å². The fraction of sp³-hybridized carbons (Fsp3) is 1.00. The summed E-state index contributed by atoms with van der Waals surface area (Å²) in [6, 6.07) is 0. The van der Waals surface area contributed by atoms with Gasteiger partial charge in [-0.25, -0.2) is 0 Å². The predicted molar refractivity (Wildman–Crippen MR) is 29.8 cm³/mol. The van der Waals surface area contributed by atoms with Crippen LogP contribution < -0.4 is 0 Å². The van der Waals surface area contributed by atoms with Crippen LogP contribution in [0.4, 0.5) is 0 Å². The number of hydrogen-bond donors (Lipinski definition) is 0. The molecule has 0 nitrogen and oxygen atoms in total. The van der Waals surface area contributed by atoms with Crippen LogP contribution >= 0.6 is 0 Å². The summed E-state index contributed by atoms with van der Waals surface area (Å²) in [5, 5.41) is 0. The van der Waals surface area contributed by atoms with E-state index >= 15 is 0 Å². The van der Waals surface area contributed by atoms with Crippen molar-refractivity contribution in [2.24, 2.45) is 0 Å². The molecular weight excluding hydrogens is 72.1 g/mol. The minimum absolute atomic E-state index is 1.25. The Bertz CT molecular complexity index is 11.2. The fourth-order valence-corrected chi connectivity index (χ4v) is 0. The van der Waals surface area contributed by atoms with E-state index in [2.05, 4.69) is 13.8 Å². The molecule has 0 N–H and O–H groups in total. The Hall–Kier alpha value is 0. The van der Waals surface area contributed by atoms with Crippen molar-refractivity contribution in [1.82, 2.24) is 0 Å². The van der Waals surface area contributed by atoms with Crippen LogP contribution in [0, 0.1) is 0 Å². The molecule has 0 unspecified atom stereocenters. The van der Waals surface area contributed by atoms with Crippen molar-refractivity contribution in [3.63, 3.8) is 0 Å². The molecule has 0 aromatic rings. The molecule has 0 bridgehead atoms. The molecule has 1 fully saturated rings. The summed E-state index contributed by atoms with van der Waals surface area (Å²) in [5.41, 5.74) is 0. The van der Waals surface area contributed by atoms with E-state index in [1.54, 1.807) is 0 Å². The molecule has 0 spiro atoms. The van der Waals surface area contributed by atoms with Gasteiger partial charge < -0.3 is 0 Å². The first-order valence-electron chi connectivity index (χ1n) is 2.91. The molecule has 1 saturated carbocycles. The Kier molecular flexibility index (Phi) is 5.00. The molecule has 1 aliphatic carbocycles. The highest BCUT2D eigenvalue weighted by molar-refractivity contribution is 4.50. The molecule has 0 aliphatic heterocycles. The van der Waals surface area contributed by atoms with E-state index in [0.717, 1.165) is 0 Å². The van der Waals surface area contributed by atoms with Crippen molar-refractivity contribution in [2.75, 3.05) is 0 Å². The zero-order valence-corrected chi connectivity index (χ0v) is 4.83. The lowest BCUT2D eigenvalue weighted by atomic mass is 10.6. The molecule has 0 aromatic heterocycles. The Morgan fingerprint density at radius 3 is 1.17 bits per heavy atom. The average molecular weight is 86.2 g/mol. The highest BCUT2D eigenvalue weighted by atomic mass is 14.0. The third-order valence-electron chi connectivity index (χ3n) is 0.354.